The van der Waals surface area contributed by atoms with Gasteiger partial charge in [-0.1, -0.05) is 12.1 Å². The van der Waals surface area contributed by atoms with Gasteiger partial charge < -0.3 is 14.6 Å². The Morgan fingerprint density at radius 1 is 1.29 bits per heavy atom. The van der Waals surface area contributed by atoms with Gasteiger partial charge in [-0.15, -0.1) is 0 Å². The Kier molecular flexibility index (Phi) is 4.64. The number of rotatable bonds is 4. The molecule has 1 N–H and O–H groups in total. The number of imidazole rings is 1. The molecule has 24 heavy (non-hydrogen) atoms. The lowest BCUT2D eigenvalue weighted by Crippen LogP contribution is -2.40. The van der Waals surface area contributed by atoms with Crippen LogP contribution in [0, 0.1) is 6.92 Å². The van der Waals surface area contributed by atoms with Gasteiger partial charge in [-0.2, -0.15) is 0 Å². The van der Waals surface area contributed by atoms with Gasteiger partial charge in [0.05, 0.1) is 5.56 Å². The molecule has 1 atom stereocenters. The molecule has 0 saturated carbocycles. The number of aromatic carboxylic acids is 1. The summed E-state index contributed by atoms with van der Waals surface area (Å²) in [5, 5.41) is 8.99. The van der Waals surface area contributed by atoms with Crippen LogP contribution in [0.2, 0.25) is 0 Å². The SMILES string of the molecule is Cc1nccn1CC(=O)N1CCC[C@H](c2ccc(C(=O)O)cc2)C1. The van der Waals surface area contributed by atoms with Gasteiger partial charge in [0.15, 0.2) is 0 Å². The highest BCUT2D eigenvalue weighted by Crippen LogP contribution is 2.27. The maximum atomic E-state index is 12.5. The fourth-order valence-corrected chi connectivity index (χ4v) is 3.19. The van der Waals surface area contributed by atoms with Crippen LogP contribution < -0.4 is 0 Å². The maximum Gasteiger partial charge on any atom is 0.335 e. The zero-order valence-corrected chi connectivity index (χ0v) is 13.7. The first-order valence-corrected chi connectivity index (χ1v) is 8.13. The number of aromatic nitrogens is 2. The van der Waals surface area contributed by atoms with Crippen molar-refractivity contribution in [3.63, 3.8) is 0 Å². The zero-order valence-electron chi connectivity index (χ0n) is 13.7. The average molecular weight is 327 g/mol. The predicted molar refractivity (Wildman–Crippen MR) is 88.9 cm³/mol. The van der Waals surface area contributed by atoms with Gasteiger partial charge in [0.25, 0.3) is 0 Å². The summed E-state index contributed by atoms with van der Waals surface area (Å²) in [5.41, 5.74) is 1.38. The van der Waals surface area contributed by atoms with Crippen molar-refractivity contribution in [2.45, 2.75) is 32.2 Å². The standard InChI is InChI=1S/C18H21N3O3/c1-13-19-8-10-20(13)12-17(22)21-9-2-3-16(11-21)14-4-6-15(7-5-14)18(23)24/h4-8,10,16H,2-3,9,11-12H2,1H3,(H,23,24)/t16-/m0/s1. The lowest BCUT2D eigenvalue weighted by atomic mass is 9.90. The zero-order chi connectivity index (χ0) is 17.1. The Hall–Kier alpha value is -2.63. The molecule has 126 valence electrons. The van der Waals surface area contributed by atoms with Crippen LogP contribution in [-0.2, 0) is 11.3 Å². The number of likely N-dealkylation sites (tertiary alicyclic amines) is 1. The third-order valence-corrected chi connectivity index (χ3v) is 4.63. The maximum absolute atomic E-state index is 12.5. The number of carboxylic acid groups (broad SMARTS) is 1. The molecule has 1 fully saturated rings. The molecule has 1 aromatic heterocycles. The number of carbonyl (C=O) groups is 2. The largest absolute Gasteiger partial charge is 0.478 e. The predicted octanol–water partition coefficient (Wildman–Crippen LogP) is 2.30. The minimum atomic E-state index is -0.919. The number of nitrogens with zero attached hydrogens (tertiary/aromatic N) is 3. The van der Waals surface area contributed by atoms with E-state index in [9.17, 15) is 9.59 Å². The topological polar surface area (TPSA) is 75.4 Å². The molecule has 2 aromatic rings. The van der Waals surface area contributed by atoms with Crippen LogP contribution in [0.4, 0.5) is 0 Å². The van der Waals surface area contributed by atoms with Crippen LogP contribution in [0.5, 0.6) is 0 Å². The highest BCUT2D eigenvalue weighted by molar-refractivity contribution is 5.87. The number of amides is 1. The third-order valence-electron chi connectivity index (χ3n) is 4.63. The van der Waals surface area contributed by atoms with Crippen molar-refractivity contribution in [3.05, 3.63) is 53.6 Å². The second kappa shape index (κ2) is 6.86. The number of hydrogen-bond acceptors (Lipinski definition) is 3. The lowest BCUT2D eigenvalue weighted by Gasteiger charge is -2.33. The lowest BCUT2D eigenvalue weighted by molar-refractivity contribution is -0.133. The van der Waals surface area contributed by atoms with Crippen LogP contribution in [0.25, 0.3) is 0 Å². The molecule has 0 spiro atoms. The molecule has 1 saturated heterocycles. The fourth-order valence-electron chi connectivity index (χ4n) is 3.19. The van der Waals surface area contributed by atoms with Gasteiger partial charge in [-0.25, -0.2) is 9.78 Å². The molecular weight excluding hydrogens is 306 g/mol. The molecular formula is C18H21N3O3. The smallest absolute Gasteiger partial charge is 0.335 e. The summed E-state index contributed by atoms with van der Waals surface area (Å²) in [4.78, 5) is 29.5. The number of benzene rings is 1. The van der Waals surface area contributed by atoms with E-state index in [1.54, 1.807) is 18.3 Å². The molecule has 1 aromatic carbocycles. The van der Waals surface area contributed by atoms with Crippen LogP contribution in [-0.4, -0.2) is 44.5 Å². The average Bonchev–Trinajstić information content (AvgIpc) is 3.00. The molecule has 0 unspecified atom stereocenters. The molecule has 6 heteroatoms. The van der Waals surface area contributed by atoms with Crippen LogP contribution >= 0.6 is 0 Å². The van der Waals surface area contributed by atoms with Crippen molar-refractivity contribution < 1.29 is 14.7 Å². The first-order valence-electron chi connectivity index (χ1n) is 8.13. The molecule has 0 bridgehead atoms. The van der Waals surface area contributed by atoms with Crippen molar-refractivity contribution in [3.8, 4) is 0 Å². The summed E-state index contributed by atoms with van der Waals surface area (Å²) in [6, 6.07) is 6.99. The molecule has 3 rings (SSSR count). The van der Waals surface area contributed by atoms with E-state index >= 15 is 0 Å². The summed E-state index contributed by atoms with van der Waals surface area (Å²) in [5.74, 6) is 0.274. The number of hydrogen-bond donors (Lipinski definition) is 1. The van der Waals surface area contributed by atoms with Crippen LogP contribution in [0.1, 0.15) is 40.5 Å². The number of aryl methyl sites for hydroxylation is 1. The Bertz CT molecular complexity index is 736. The van der Waals surface area contributed by atoms with Crippen molar-refractivity contribution in [1.82, 2.24) is 14.5 Å². The fraction of sp³-hybridized carbons (Fsp3) is 0.389. The van der Waals surface area contributed by atoms with Gasteiger partial charge in [0, 0.05) is 31.4 Å². The van der Waals surface area contributed by atoms with Gasteiger partial charge >= 0.3 is 5.97 Å². The summed E-state index contributed by atoms with van der Waals surface area (Å²) in [6.07, 6.45) is 5.49. The number of piperidine rings is 1. The Balaban J connectivity index is 1.66. The molecule has 0 aliphatic carbocycles. The number of carbonyl (C=O) groups excluding carboxylic acids is 1. The molecule has 6 nitrogen and oxygen atoms in total. The van der Waals surface area contributed by atoms with E-state index in [2.05, 4.69) is 4.98 Å². The second-order valence-electron chi connectivity index (χ2n) is 6.21. The Morgan fingerprint density at radius 3 is 2.67 bits per heavy atom. The van der Waals surface area contributed by atoms with E-state index in [4.69, 9.17) is 5.11 Å². The molecule has 1 aliphatic rings. The minimum Gasteiger partial charge on any atom is -0.478 e. The van der Waals surface area contributed by atoms with E-state index in [0.29, 0.717) is 13.1 Å². The summed E-state index contributed by atoms with van der Waals surface area (Å²) < 4.78 is 1.85. The van der Waals surface area contributed by atoms with E-state index in [-0.39, 0.29) is 17.4 Å². The molecule has 1 aliphatic heterocycles. The van der Waals surface area contributed by atoms with Gasteiger partial charge in [-0.3, -0.25) is 4.79 Å². The minimum absolute atomic E-state index is 0.1000. The van der Waals surface area contributed by atoms with Crippen molar-refractivity contribution in [2.75, 3.05) is 13.1 Å². The van der Waals surface area contributed by atoms with Gasteiger partial charge in [0.1, 0.15) is 12.4 Å². The van der Waals surface area contributed by atoms with Crippen molar-refractivity contribution >= 4 is 11.9 Å². The highest BCUT2D eigenvalue weighted by Gasteiger charge is 2.25. The van der Waals surface area contributed by atoms with E-state index < -0.39 is 5.97 Å². The third kappa shape index (κ3) is 3.48. The Labute approximate surface area is 140 Å². The monoisotopic (exact) mass is 327 g/mol. The molecule has 1 amide bonds. The number of carboxylic acids is 1. The van der Waals surface area contributed by atoms with Gasteiger partial charge in [0.2, 0.25) is 5.91 Å². The first kappa shape index (κ1) is 16.2. The second-order valence-corrected chi connectivity index (χ2v) is 6.21. The summed E-state index contributed by atoms with van der Waals surface area (Å²) in [7, 11) is 0. The normalized spacial score (nSPS) is 17.7. The van der Waals surface area contributed by atoms with E-state index in [1.807, 2.05) is 34.7 Å². The molecule has 2 heterocycles. The van der Waals surface area contributed by atoms with Crippen molar-refractivity contribution in [1.29, 1.82) is 0 Å². The Morgan fingerprint density at radius 2 is 2.04 bits per heavy atom. The van der Waals surface area contributed by atoms with E-state index in [0.717, 1.165) is 30.8 Å². The molecule has 0 radical (unpaired) electrons. The highest BCUT2D eigenvalue weighted by atomic mass is 16.4. The summed E-state index contributed by atoms with van der Waals surface area (Å²) in [6.45, 7) is 3.65. The van der Waals surface area contributed by atoms with Crippen molar-refractivity contribution in [2.24, 2.45) is 0 Å². The van der Waals surface area contributed by atoms with Crippen LogP contribution in [0.3, 0.4) is 0 Å². The van der Waals surface area contributed by atoms with Gasteiger partial charge in [-0.05, 0) is 37.5 Å². The summed E-state index contributed by atoms with van der Waals surface area (Å²) >= 11 is 0. The van der Waals surface area contributed by atoms with Crippen LogP contribution in [0.15, 0.2) is 36.7 Å². The first-order chi connectivity index (χ1) is 11.5. The quantitative estimate of drug-likeness (QED) is 0.935. The van der Waals surface area contributed by atoms with E-state index in [1.165, 1.54) is 0 Å².